The maximum atomic E-state index is 4.19. The molecule has 3 heteroatoms. The van der Waals surface area contributed by atoms with Crippen LogP contribution in [0.15, 0.2) is 29.4 Å². The van der Waals surface area contributed by atoms with E-state index in [1.54, 1.807) is 0 Å². The van der Waals surface area contributed by atoms with Crippen LogP contribution in [0.2, 0.25) is 0 Å². The van der Waals surface area contributed by atoms with Gasteiger partial charge in [0.1, 0.15) is 0 Å². The molecule has 0 bridgehead atoms. The molecule has 0 aromatic carbocycles. The molecule has 14 heavy (non-hydrogen) atoms. The third-order valence-corrected chi connectivity index (χ3v) is 3.39. The van der Waals surface area contributed by atoms with Gasteiger partial charge >= 0.3 is 0 Å². The van der Waals surface area contributed by atoms with Crippen molar-refractivity contribution in [2.45, 2.75) is 30.6 Å². The maximum Gasteiger partial charge on any atom is 0.0278 e. The zero-order valence-corrected chi connectivity index (χ0v) is 10.1. The number of unbranched alkanes of at least 4 members (excludes halogenated alkanes) is 3. The lowest BCUT2D eigenvalue weighted by Crippen LogP contribution is -1.83. The van der Waals surface area contributed by atoms with E-state index in [9.17, 15) is 0 Å². The molecule has 0 spiro atoms. The van der Waals surface area contributed by atoms with Crippen LogP contribution in [0.3, 0.4) is 0 Å². The van der Waals surface area contributed by atoms with Crippen molar-refractivity contribution in [3.63, 3.8) is 0 Å². The number of hydrogen-bond donors (Lipinski definition) is 1. The zero-order valence-electron chi connectivity index (χ0n) is 8.35. The second-order valence-electron chi connectivity index (χ2n) is 3.17. The summed E-state index contributed by atoms with van der Waals surface area (Å²) in [5.41, 5.74) is 0. The van der Waals surface area contributed by atoms with Gasteiger partial charge < -0.3 is 0 Å². The van der Waals surface area contributed by atoms with Crippen molar-refractivity contribution in [3.8, 4) is 0 Å². The number of nitrogens with zero attached hydrogens (tertiary/aromatic N) is 1. The Morgan fingerprint density at radius 2 is 1.79 bits per heavy atom. The van der Waals surface area contributed by atoms with E-state index >= 15 is 0 Å². The lowest BCUT2D eigenvalue weighted by Gasteiger charge is -2.00. The van der Waals surface area contributed by atoms with Crippen molar-refractivity contribution < 1.29 is 0 Å². The summed E-state index contributed by atoms with van der Waals surface area (Å²) in [5.74, 6) is 2.24. The van der Waals surface area contributed by atoms with E-state index in [4.69, 9.17) is 0 Å². The van der Waals surface area contributed by atoms with Crippen molar-refractivity contribution in [1.82, 2.24) is 4.98 Å². The van der Waals surface area contributed by atoms with E-state index in [1.807, 2.05) is 24.2 Å². The third kappa shape index (κ3) is 5.55. The number of aromatic nitrogens is 1. The molecule has 1 rings (SSSR count). The fourth-order valence-corrected chi connectivity index (χ4v) is 2.31. The van der Waals surface area contributed by atoms with Crippen molar-refractivity contribution in [1.29, 1.82) is 0 Å². The Kier molecular flexibility index (Phi) is 6.97. The van der Waals surface area contributed by atoms with Crippen LogP contribution >= 0.6 is 24.4 Å². The summed E-state index contributed by atoms with van der Waals surface area (Å²) in [6.45, 7) is 0. The predicted octanol–water partition coefficient (Wildman–Crippen LogP) is 3.66. The molecule has 0 aliphatic heterocycles. The Labute approximate surface area is 96.1 Å². The molecule has 0 amide bonds. The molecule has 0 saturated heterocycles. The maximum absolute atomic E-state index is 4.19. The van der Waals surface area contributed by atoms with Crippen LogP contribution in [0.5, 0.6) is 0 Å². The van der Waals surface area contributed by atoms with Crippen LogP contribution in [-0.2, 0) is 0 Å². The van der Waals surface area contributed by atoms with Gasteiger partial charge in [0.25, 0.3) is 0 Å². The smallest absolute Gasteiger partial charge is 0.0278 e. The molecule has 0 aliphatic rings. The van der Waals surface area contributed by atoms with Crippen molar-refractivity contribution >= 4 is 24.4 Å². The molecule has 1 nitrogen and oxygen atoms in total. The molecule has 1 heterocycles. The van der Waals surface area contributed by atoms with Gasteiger partial charge in [-0.2, -0.15) is 12.6 Å². The van der Waals surface area contributed by atoms with Crippen LogP contribution < -0.4 is 0 Å². The van der Waals surface area contributed by atoms with Gasteiger partial charge in [-0.3, -0.25) is 4.98 Å². The van der Waals surface area contributed by atoms with Crippen LogP contribution in [0, 0.1) is 0 Å². The Morgan fingerprint density at radius 3 is 2.50 bits per heavy atom. The Bertz CT molecular complexity index is 226. The van der Waals surface area contributed by atoms with E-state index in [1.165, 1.54) is 36.3 Å². The third-order valence-electron chi connectivity index (χ3n) is 1.97. The van der Waals surface area contributed by atoms with E-state index in [0.29, 0.717) is 0 Å². The minimum atomic E-state index is 1.03. The lowest BCUT2D eigenvalue weighted by atomic mass is 10.2. The second-order valence-corrected chi connectivity index (χ2v) is 4.78. The minimum absolute atomic E-state index is 1.03. The Morgan fingerprint density at radius 1 is 1.07 bits per heavy atom. The summed E-state index contributed by atoms with van der Waals surface area (Å²) < 4.78 is 0. The Balaban J connectivity index is 1.99. The van der Waals surface area contributed by atoms with Gasteiger partial charge in [0.05, 0.1) is 0 Å². The standard InChI is InChI=1S/C11H17NS2/c13-9-3-1-2-4-10-14-11-5-7-12-8-6-11/h5-8,13H,1-4,9-10H2. The average molecular weight is 227 g/mol. The molecule has 0 N–H and O–H groups in total. The van der Waals surface area contributed by atoms with Crippen molar-refractivity contribution in [3.05, 3.63) is 24.5 Å². The first-order chi connectivity index (χ1) is 6.93. The van der Waals surface area contributed by atoms with Crippen molar-refractivity contribution in [2.75, 3.05) is 11.5 Å². The minimum Gasteiger partial charge on any atom is -0.265 e. The highest BCUT2D eigenvalue weighted by Gasteiger charge is 1.93. The molecule has 0 fully saturated rings. The number of pyridine rings is 1. The summed E-state index contributed by atoms with van der Waals surface area (Å²) in [5, 5.41) is 0. The highest BCUT2D eigenvalue weighted by atomic mass is 32.2. The summed E-state index contributed by atoms with van der Waals surface area (Å²) >= 11 is 6.11. The highest BCUT2D eigenvalue weighted by molar-refractivity contribution is 7.99. The zero-order chi connectivity index (χ0) is 10.1. The summed E-state index contributed by atoms with van der Waals surface area (Å²) in [7, 11) is 0. The fourth-order valence-electron chi connectivity index (χ4n) is 1.19. The summed E-state index contributed by atoms with van der Waals surface area (Å²) in [6, 6.07) is 4.14. The quantitative estimate of drug-likeness (QED) is 0.434. The Hall–Kier alpha value is -0.150. The normalized spacial score (nSPS) is 10.4. The first-order valence-corrected chi connectivity index (χ1v) is 6.69. The fraction of sp³-hybridized carbons (Fsp3) is 0.545. The number of hydrogen-bond acceptors (Lipinski definition) is 3. The molecule has 0 unspecified atom stereocenters. The summed E-state index contributed by atoms with van der Waals surface area (Å²) in [4.78, 5) is 5.32. The molecule has 78 valence electrons. The average Bonchev–Trinajstić information content (AvgIpc) is 2.25. The number of thiol groups is 1. The second kappa shape index (κ2) is 8.18. The van der Waals surface area contributed by atoms with Gasteiger partial charge in [-0.1, -0.05) is 12.8 Å². The summed E-state index contributed by atoms with van der Waals surface area (Å²) in [6.07, 6.45) is 8.91. The molecule has 1 aromatic heterocycles. The molecule has 0 aliphatic carbocycles. The topological polar surface area (TPSA) is 12.9 Å². The van der Waals surface area contributed by atoms with Gasteiger partial charge in [-0.05, 0) is 36.5 Å². The van der Waals surface area contributed by atoms with E-state index in [-0.39, 0.29) is 0 Å². The molecule has 0 radical (unpaired) electrons. The van der Waals surface area contributed by atoms with Crippen LogP contribution in [0.1, 0.15) is 25.7 Å². The van der Waals surface area contributed by atoms with Gasteiger partial charge in [0.2, 0.25) is 0 Å². The SMILES string of the molecule is SCCCCCCSc1ccncc1. The van der Waals surface area contributed by atoms with Crippen LogP contribution in [0.25, 0.3) is 0 Å². The predicted molar refractivity (Wildman–Crippen MR) is 67.3 cm³/mol. The molecular weight excluding hydrogens is 210 g/mol. The van der Waals surface area contributed by atoms with Crippen LogP contribution in [-0.4, -0.2) is 16.5 Å². The largest absolute Gasteiger partial charge is 0.265 e. The first-order valence-electron chi connectivity index (χ1n) is 5.07. The van der Waals surface area contributed by atoms with Crippen molar-refractivity contribution in [2.24, 2.45) is 0 Å². The highest BCUT2D eigenvalue weighted by Crippen LogP contribution is 2.18. The molecule has 0 atom stereocenters. The van der Waals surface area contributed by atoms with E-state index < -0.39 is 0 Å². The van der Waals surface area contributed by atoms with Gasteiger partial charge in [-0.15, -0.1) is 11.8 Å². The first kappa shape index (κ1) is 11.9. The van der Waals surface area contributed by atoms with Gasteiger partial charge in [0.15, 0.2) is 0 Å². The molecule has 0 saturated carbocycles. The van der Waals surface area contributed by atoms with E-state index in [0.717, 1.165) is 5.75 Å². The lowest BCUT2D eigenvalue weighted by molar-refractivity contribution is 0.712. The van der Waals surface area contributed by atoms with E-state index in [2.05, 4.69) is 29.7 Å². The number of rotatable bonds is 7. The van der Waals surface area contributed by atoms with Gasteiger partial charge in [0, 0.05) is 17.3 Å². The monoisotopic (exact) mass is 227 g/mol. The molecule has 1 aromatic rings. The molecular formula is C11H17NS2. The van der Waals surface area contributed by atoms with Crippen LogP contribution in [0.4, 0.5) is 0 Å². The number of thioether (sulfide) groups is 1. The van der Waals surface area contributed by atoms with Gasteiger partial charge in [-0.25, -0.2) is 0 Å².